The maximum Gasteiger partial charge on any atom is 0.291 e. The molecule has 0 aliphatic carbocycles. The molecule has 0 saturated heterocycles. The van der Waals surface area contributed by atoms with Gasteiger partial charge in [-0.15, -0.1) is 0 Å². The molecule has 1 aromatic heterocycles. The number of hydrogen-bond donors (Lipinski definition) is 0. The van der Waals surface area contributed by atoms with Crippen LogP contribution in [0, 0.1) is 12.7 Å². The molecule has 2 heterocycles. The average Bonchev–Trinajstić information content (AvgIpc) is 3.04. The first-order valence-corrected chi connectivity index (χ1v) is 10.7. The third-order valence-electron chi connectivity index (χ3n) is 5.65. The lowest BCUT2D eigenvalue weighted by molar-refractivity contribution is 0.0714. The fourth-order valence-electron chi connectivity index (χ4n) is 4.11. The van der Waals surface area contributed by atoms with Gasteiger partial charge in [0.15, 0.2) is 5.43 Å². The second-order valence-electron chi connectivity index (χ2n) is 7.81. The molecule has 160 valence electrons. The van der Waals surface area contributed by atoms with Gasteiger partial charge in [-0.05, 0) is 54.4 Å². The number of aryl methyl sites for hydroxylation is 1. The number of rotatable bonds is 3. The molecule has 0 radical (unpaired) electrons. The minimum atomic E-state index is -0.724. The first kappa shape index (κ1) is 20.7. The molecule has 0 saturated carbocycles. The van der Waals surface area contributed by atoms with Gasteiger partial charge in [-0.3, -0.25) is 9.59 Å². The van der Waals surface area contributed by atoms with Crippen LogP contribution in [-0.4, -0.2) is 10.8 Å². The van der Waals surface area contributed by atoms with Crippen molar-refractivity contribution in [1.82, 2.24) is 4.90 Å². The molecule has 1 amide bonds. The quantitative estimate of drug-likeness (QED) is 0.355. The second-order valence-corrected chi connectivity index (χ2v) is 8.62. The lowest BCUT2D eigenvalue weighted by Gasteiger charge is -2.25. The normalized spacial score (nSPS) is 15.4. The average molecular weight is 468 g/mol. The van der Waals surface area contributed by atoms with Gasteiger partial charge in [-0.25, -0.2) is 4.39 Å². The molecular formula is C25H16Cl2FNO3. The van der Waals surface area contributed by atoms with Crippen LogP contribution >= 0.6 is 23.2 Å². The van der Waals surface area contributed by atoms with Crippen molar-refractivity contribution in [3.63, 3.8) is 0 Å². The van der Waals surface area contributed by atoms with Crippen molar-refractivity contribution in [3.05, 3.63) is 115 Å². The van der Waals surface area contributed by atoms with E-state index in [0.29, 0.717) is 32.1 Å². The summed E-state index contributed by atoms with van der Waals surface area (Å²) in [6.45, 7) is 2.04. The molecule has 1 aliphatic rings. The van der Waals surface area contributed by atoms with E-state index in [2.05, 4.69) is 0 Å². The summed E-state index contributed by atoms with van der Waals surface area (Å²) in [6, 6.07) is 15.4. The van der Waals surface area contributed by atoms with Crippen LogP contribution in [0.4, 0.5) is 4.39 Å². The van der Waals surface area contributed by atoms with Crippen LogP contribution in [0.5, 0.6) is 0 Å². The van der Waals surface area contributed by atoms with Crippen molar-refractivity contribution in [1.29, 1.82) is 0 Å². The standard InChI is InChI=1S/C25H16Cl2FNO3/c1-13-2-9-20-17(10-13)23(30)21-22(15-5-8-18(26)19(27)11-15)29(25(31)24(21)32-20)12-14-3-6-16(28)7-4-14/h2-11,22H,12H2,1H3. The third kappa shape index (κ3) is 3.38. The summed E-state index contributed by atoms with van der Waals surface area (Å²) in [6.07, 6.45) is 0. The van der Waals surface area contributed by atoms with E-state index in [9.17, 15) is 14.0 Å². The Balaban J connectivity index is 1.73. The third-order valence-corrected chi connectivity index (χ3v) is 6.39. The molecule has 1 aliphatic heterocycles. The minimum absolute atomic E-state index is 0.00420. The van der Waals surface area contributed by atoms with E-state index in [4.69, 9.17) is 27.6 Å². The van der Waals surface area contributed by atoms with E-state index in [-0.39, 0.29) is 29.1 Å². The van der Waals surface area contributed by atoms with Crippen molar-refractivity contribution in [2.75, 3.05) is 0 Å². The van der Waals surface area contributed by atoms with E-state index >= 15 is 0 Å². The van der Waals surface area contributed by atoms with Gasteiger partial charge in [0.1, 0.15) is 11.4 Å². The number of halogens is 3. The van der Waals surface area contributed by atoms with Crippen LogP contribution < -0.4 is 5.43 Å². The Morgan fingerprint density at radius 3 is 2.44 bits per heavy atom. The molecular weight excluding hydrogens is 452 g/mol. The lowest BCUT2D eigenvalue weighted by atomic mass is 9.98. The predicted molar refractivity (Wildman–Crippen MR) is 122 cm³/mol. The zero-order chi connectivity index (χ0) is 22.6. The molecule has 4 aromatic rings. The van der Waals surface area contributed by atoms with Crippen molar-refractivity contribution >= 4 is 40.1 Å². The highest BCUT2D eigenvalue weighted by molar-refractivity contribution is 6.42. The summed E-state index contributed by atoms with van der Waals surface area (Å²) in [4.78, 5) is 28.5. The molecule has 0 fully saturated rings. The van der Waals surface area contributed by atoms with E-state index < -0.39 is 11.9 Å². The highest BCUT2D eigenvalue weighted by Gasteiger charge is 2.42. The maximum atomic E-state index is 13.5. The summed E-state index contributed by atoms with van der Waals surface area (Å²) in [5.41, 5.74) is 2.59. The number of amides is 1. The van der Waals surface area contributed by atoms with Crippen molar-refractivity contribution in [2.45, 2.75) is 19.5 Å². The fourth-order valence-corrected chi connectivity index (χ4v) is 4.42. The molecule has 0 spiro atoms. The molecule has 1 atom stereocenters. The van der Waals surface area contributed by atoms with Crippen molar-refractivity contribution in [2.24, 2.45) is 0 Å². The number of carbonyl (C=O) groups is 1. The second kappa shape index (κ2) is 7.76. The van der Waals surface area contributed by atoms with E-state index in [0.717, 1.165) is 5.56 Å². The van der Waals surface area contributed by atoms with Gasteiger partial charge in [0.2, 0.25) is 5.76 Å². The van der Waals surface area contributed by atoms with E-state index in [1.165, 1.54) is 17.0 Å². The summed E-state index contributed by atoms with van der Waals surface area (Å²) < 4.78 is 19.3. The van der Waals surface area contributed by atoms with Crippen LogP contribution in [0.25, 0.3) is 11.0 Å². The summed E-state index contributed by atoms with van der Waals surface area (Å²) in [7, 11) is 0. The van der Waals surface area contributed by atoms with E-state index in [1.54, 1.807) is 42.5 Å². The summed E-state index contributed by atoms with van der Waals surface area (Å²) in [5.74, 6) is -0.784. The first-order chi connectivity index (χ1) is 15.3. The maximum absolute atomic E-state index is 13.5. The molecule has 4 nitrogen and oxygen atoms in total. The highest BCUT2D eigenvalue weighted by atomic mass is 35.5. The molecule has 32 heavy (non-hydrogen) atoms. The smallest absolute Gasteiger partial charge is 0.291 e. The monoisotopic (exact) mass is 467 g/mol. The Morgan fingerprint density at radius 1 is 0.969 bits per heavy atom. The minimum Gasteiger partial charge on any atom is -0.450 e. The number of fused-ring (bicyclic) bond motifs is 2. The van der Waals surface area contributed by atoms with Crippen molar-refractivity contribution in [3.8, 4) is 0 Å². The van der Waals surface area contributed by atoms with Crippen molar-refractivity contribution < 1.29 is 13.6 Å². The summed E-state index contributed by atoms with van der Waals surface area (Å²) in [5, 5.41) is 1.09. The molecule has 3 aromatic carbocycles. The highest BCUT2D eigenvalue weighted by Crippen LogP contribution is 2.40. The van der Waals surface area contributed by atoms with Crippen LogP contribution in [0.1, 0.15) is 38.9 Å². The zero-order valence-electron chi connectivity index (χ0n) is 16.9. The molecule has 7 heteroatoms. The Kier molecular flexibility index (Phi) is 5.03. The van der Waals surface area contributed by atoms with Crippen LogP contribution in [0.15, 0.2) is 69.9 Å². The summed E-state index contributed by atoms with van der Waals surface area (Å²) >= 11 is 12.4. The SMILES string of the molecule is Cc1ccc2oc3c(c(=O)c2c1)C(c1ccc(Cl)c(Cl)c1)N(Cc1ccc(F)cc1)C3=O. The Hall–Kier alpha value is -3.15. The van der Waals surface area contributed by atoms with Gasteiger partial charge in [0.05, 0.1) is 27.0 Å². The van der Waals surface area contributed by atoms with Gasteiger partial charge in [-0.2, -0.15) is 0 Å². The molecule has 0 N–H and O–H groups in total. The molecule has 5 rings (SSSR count). The number of carbonyl (C=O) groups excluding carboxylic acids is 1. The molecule has 1 unspecified atom stereocenters. The number of hydrogen-bond acceptors (Lipinski definition) is 3. The number of benzene rings is 3. The van der Waals surface area contributed by atoms with Gasteiger partial charge >= 0.3 is 0 Å². The van der Waals surface area contributed by atoms with Gasteiger partial charge < -0.3 is 9.32 Å². The predicted octanol–water partition coefficient (Wildman–Crippen LogP) is 6.29. The zero-order valence-corrected chi connectivity index (χ0v) is 18.4. The van der Waals surface area contributed by atoms with Gasteiger partial charge in [0, 0.05) is 6.54 Å². The van der Waals surface area contributed by atoms with E-state index in [1.807, 2.05) is 13.0 Å². The number of nitrogens with zero attached hydrogens (tertiary/aromatic N) is 1. The largest absolute Gasteiger partial charge is 0.450 e. The van der Waals surface area contributed by atoms with Crippen LogP contribution in [0.2, 0.25) is 10.0 Å². The van der Waals surface area contributed by atoms with Crippen LogP contribution in [0.3, 0.4) is 0 Å². The first-order valence-electron chi connectivity index (χ1n) is 9.91. The topological polar surface area (TPSA) is 50.5 Å². The Labute approximate surface area is 192 Å². The van der Waals surface area contributed by atoms with Crippen LogP contribution in [-0.2, 0) is 6.54 Å². The van der Waals surface area contributed by atoms with Gasteiger partial charge in [-0.1, -0.05) is 53.0 Å². The lowest BCUT2D eigenvalue weighted by Crippen LogP contribution is -2.29. The Morgan fingerprint density at radius 2 is 1.72 bits per heavy atom. The van der Waals surface area contributed by atoms with Gasteiger partial charge in [0.25, 0.3) is 5.91 Å². The fraction of sp³-hybridized carbons (Fsp3) is 0.120. The molecule has 0 bridgehead atoms. The Bertz CT molecular complexity index is 1450.